The molecule has 1 unspecified atom stereocenters. The first kappa shape index (κ1) is 12.8. The number of hydrogen-bond acceptors (Lipinski definition) is 1. The predicted octanol–water partition coefficient (Wildman–Crippen LogP) is 3.08. The first-order chi connectivity index (χ1) is 7.65. The largest absolute Gasteiger partial charge is 0.341 e. The molecule has 0 bridgehead atoms. The molecule has 1 rings (SSSR count). The number of benzene rings is 1. The first-order valence-electron chi connectivity index (χ1n) is 5.94. The van der Waals surface area contributed by atoms with Crippen molar-refractivity contribution in [1.82, 2.24) is 4.90 Å². The van der Waals surface area contributed by atoms with Gasteiger partial charge in [-0.25, -0.2) is 0 Å². The average molecular weight is 219 g/mol. The summed E-state index contributed by atoms with van der Waals surface area (Å²) >= 11 is 0. The minimum absolute atomic E-state index is 0.138. The maximum absolute atomic E-state index is 12.0. The first-order valence-corrected chi connectivity index (χ1v) is 5.94. The summed E-state index contributed by atoms with van der Waals surface area (Å²) < 4.78 is 0. The van der Waals surface area contributed by atoms with Crippen LogP contribution in [0.1, 0.15) is 32.3 Å². The monoisotopic (exact) mass is 219 g/mol. The molecule has 0 saturated carbocycles. The van der Waals surface area contributed by atoms with E-state index >= 15 is 0 Å². The Labute approximate surface area is 98.3 Å². The smallest absolute Gasteiger partial charge is 0.225 e. The molecule has 0 radical (unpaired) electrons. The third-order valence-electron chi connectivity index (χ3n) is 2.78. The lowest BCUT2D eigenvalue weighted by Crippen LogP contribution is -2.31. The van der Waals surface area contributed by atoms with Crippen LogP contribution >= 0.6 is 0 Å². The van der Waals surface area contributed by atoms with Crippen molar-refractivity contribution in [3.8, 4) is 0 Å². The number of rotatable bonds is 5. The van der Waals surface area contributed by atoms with E-state index in [1.165, 1.54) is 5.56 Å². The normalized spacial score (nSPS) is 12.2. The zero-order valence-corrected chi connectivity index (χ0v) is 10.4. The third kappa shape index (κ3) is 3.69. The van der Waals surface area contributed by atoms with E-state index in [4.69, 9.17) is 0 Å². The molecular weight excluding hydrogens is 198 g/mol. The number of carbonyl (C=O) groups is 1. The summed E-state index contributed by atoms with van der Waals surface area (Å²) in [5, 5.41) is 0. The number of nitrogens with zero attached hydrogens (tertiary/aromatic N) is 1. The molecule has 0 spiro atoms. The van der Waals surface area contributed by atoms with Crippen LogP contribution in [0.5, 0.6) is 0 Å². The highest BCUT2D eigenvalue weighted by Gasteiger charge is 2.16. The van der Waals surface area contributed by atoms with Gasteiger partial charge in [-0.05, 0) is 12.0 Å². The molecule has 1 atom stereocenters. The van der Waals surface area contributed by atoms with Crippen molar-refractivity contribution in [2.75, 3.05) is 7.05 Å². The van der Waals surface area contributed by atoms with Crippen LogP contribution in [0.3, 0.4) is 0 Å². The van der Waals surface area contributed by atoms with E-state index in [0.717, 1.165) is 12.8 Å². The Morgan fingerprint density at radius 1 is 1.31 bits per heavy atom. The minimum atomic E-state index is 0.138. The average Bonchev–Trinajstić information content (AvgIpc) is 2.29. The van der Waals surface area contributed by atoms with Gasteiger partial charge in [0, 0.05) is 19.5 Å². The highest BCUT2D eigenvalue weighted by molar-refractivity contribution is 5.78. The van der Waals surface area contributed by atoms with Crippen LogP contribution in [-0.2, 0) is 11.3 Å². The van der Waals surface area contributed by atoms with Crippen molar-refractivity contribution in [2.45, 2.75) is 33.2 Å². The molecule has 2 nitrogen and oxygen atoms in total. The van der Waals surface area contributed by atoms with Gasteiger partial charge in [-0.2, -0.15) is 0 Å². The second-order valence-corrected chi connectivity index (χ2v) is 4.37. The summed E-state index contributed by atoms with van der Waals surface area (Å²) in [7, 11) is 1.88. The SMILES string of the molecule is CCCC(C)C(=O)N(C)Cc1ccccc1. The van der Waals surface area contributed by atoms with Gasteiger partial charge in [0.05, 0.1) is 0 Å². The number of carbonyl (C=O) groups excluding carboxylic acids is 1. The van der Waals surface area contributed by atoms with Crippen LogP contribution in [0, 0.1) is 5.92 Å². The summed E-state index contributed by atoms with van der Waals surface area (Å²) in [6.45, 7) is 4.82. The number of hydrogen-bond donors (Lipinski definition) is 0. The molecule has 1 amide bonds. The summed E-state index contributed by atoms with van der Waals surface area (Å²) in [5.74, 6) is 0.379. The Morgan fingerprint density at radius 2 is 1.94 bits per heavy atom. The molecule has 0 fully saturated rings. The second kappa shape index (κ2) is 6.31. The van der Waals surface area contributed by atoms with Gasteiger partial charge in [-0.1, -0.05) is 50.6 Å². The van der Waals surface area contributed by atoms with E-state index in [2.05, 4.69) is 6.92 Å². The molecule has 0 aliphatic carbocycles. The molecule has 0 aliphatic rings. The second-order valence-electron chi connectivity index (χ2n) is 4.37. The van der Waals surface area contributed by atoms with E-state index in [1.807, 2.05) is 49.2 Å². The summed E-state index contributed by atoms with van der Waals surface area (Å²) in [5.41, 5.74) is 1.18. The van der Waals surface area contributed by atoms with Crippen molar-refractivity contribution in [2.24, 2.45) is 5.92 Å². The molecule has 16 heavy (non-hydrogen) atoms. The lowest BCUT2D eigenvalue weighted by atomic mass is 10.0. The van der Waals surface area contributed by atoms with Gasteiger partial charge in [-0.3, -0.25) is 4.79 Å². The zero-order chi connectivity index (χ0) is 12.0. The van der Waals surface area contributed by atoms with Crippen LogP contribution in [0.2, 0.25) is 0 Å². The summed E-state index contributed by atoms with van der Waals surface area (Å²) in [4.78, 5) is 13.8. The molecule has 1 aromatic carbocycles. The maximum Gasteiger partial charge on any atom is 0.225 e. The van der Waals surface area contributed by atoms with Gasteiger partial charge >= 0.3 is 0 Å². The Bertz CT molecular complexity index is 321. The standard InChI is InChI=1S/C14H21NO/c1-4-8-12(2)14(16)15(3)11-13-9-6-5-7-10-13/h5-7,9-10,12H,4,8,11H2,1-3H3. The van der Waals surface area contributed by atoms with Crippen LogP contribution in [0.15, 0.2) is 30.3 Å². The van der Waals surface area contributed by atoms with Crippen molar-refractivity contribution in [3.63, 3.8) is 0 Å². The third-order valence-corrected chi connectivity index (χ3v) is 2.78. The molecule has 1 aromatic rings. The number of amides is 1. The molecule has 0 heterocycles. The quantitative estimate of drug-likeness (QED) is 0.745. The Kier molecular flexibility index (Phi) is 5.03. The van der Waals surface area contributed by atoms with Gasteiger partial charge in [0.15, 0.2) is 0 Å². The van der Waals surface area contributed by atoms with Crippen molar-refractivity contribution >= 4 is 5.91 Å². The molecular formula is C14H21NO. The molecule has 0 N–H and O–H groups in total. The van der Waals surface area contributed by atoms with Crippen LogP contribution < -0.4 is 0 Å². The highest BCUT2D eigenvalue weighted by Crippen LogP contribution is 2.11. The Hall–Kier alpha value is -1.31. The lowest BCUT2D eigenvalue weighted by molar-refractivity contribution is -0.134. The Morgan fingerprint density at radius 3 is 2.50 bits per heavy atom. The van der Waals surface area contributed by atoms with Crippen LogP contribution in [0.4, 0.5) is 0 Å². The highest BCUT2D eigenvalue weighted by atomic mass is 16.2. The fourth-order valence-corrected chi connectivity index (χ4v) is 1.87. The van der Waals surface area contributed by atoms with Crippen LogP contribution in [-0.4, -0.2) is 17.9 Å². The molecule has 0 aromatic heterocycles. The van der Waals surface area contributed by atoms with Gasteiger partial charge in [-0.15, -0.1) is 0 Å². The zero-order valence-electron chi connectivity index (χ0n) is 10.4. The topological polar surface area (TPSA) is 20.3 Å². The predicted molar refractivity (Wildman–Crippen MR) is 67.0 cm³/mol. The fraction of sp³-hybridized carbons (Fsp3) is 0.500. The lowest BCUT2D eigenvalue weighted by Gasteiger charge is -2.21. The van der Waals surface area contributed by atoms with Gasteiger partial charge in [0.2, 0.25) is 5.91 Å². The van der Waals surface area contributed by atoms with Gasteiger partial charge < -0.3 is 4.90 Å². The molecule has 0 saturated heterocycles. The summed E-state index contributed by atoms with van der Waals surface area (Å²) in [6.07, 6.45) is 2.03. The molecule has 2 heteroatoms. The Balaban J connectivity index is 2.52. The summed E-state index contributed by atoms with van der Waals surface area (Å²) in [6, 6.07) is 10.1. The van der Waals surface area contributed by atoms with Crippen molar-refractivity contribution in [1.29, 1.82) is 0 Å². The van der Waals surface area contributed by atoms with Crippen molar-refractivity contribution < 1.29 is 4.79 Å². The molecule has 88 valence electrons. The maximum atomic E-state index is 12.0. The molecule has 0 aliphatic heterocycles. The van der Waals surface area contributed by atoms with Crippen molar-refractivity contribution in [3.05, 3.63) is 35.9 Å². The van der Waals surface area contributed by atoms with Crippen LogP contribution in [0.25, 0.3) is 0 Å². The van der Waals surface area contributed by atoms with E-state index < -0.39 is 0 Å². The fourth-order valence-electron chi connectivity index (χ4n) is 1.87. The van der Waals surface area contributed by atoms with Gasteiger partial charge in [0.25, 0.3) is 0 Å². The van der Waals surface area contributed by atoms with E-state index in [1.54, 1.807) is 0 Å². The van der Waals surface area contributed by atoms with E-state index in [-0.39, 0.29) is 11.8 Å². The van der Waals surface area contributed by atoms with Gasteiger partial charge in [0.1, 0.15) is 0 Å². The minimum Gasteiger partial charge on any atom is -0.341 e. The van der Waals surface area contributed by atoms with E-state index in [9.17, 15) is 4.79 Å². The van der Waals surface area contributed by atoms with E-state index in [0.29, 0.717) is 6.54 Å².